The number of benzene rings is 3. The van der Waals surface area contributed by atoms with Gasteiger partial charge in [-0.3, -0.25) is 0 Å². The van der Waals surface area contributed by atoms with Gasteiger partial charge >= 0.3 is 0 Å². The van der Waals surface area contributed by atoms with Crippen LogP contribution in [0, 0.1) is 35.9 Å². The number of fused-ring (bicyclic) bond motifs is 3. The number of hydrogen-bond acceptors (Lipinski definition) is 2. The van der Waals surface area contributed by atoms with Gasteiger partial charge in [-0.15, -0.1) is 0 Å². The van der Waals surface area contributed by atoms with Crippen LogP contribution in [0.3, 0.4) is 0 Å². The Morgan fingerprint density at radius 3 is 2.17 bits per heavy atom. The summed E-state index contributed by atoms with van der Waals surface area (Å²) >= 11 is 0. The molecule has 0 radical (unpaired) electrons. The fourth-order valence-electron chi connectivity index (χ4n) is 7.94. The zero-order valence-corrected chi connectivity index (χ0v) is 24.6. The number of aryl methyl sites for hydroxylation is 2. The van der Waals surface area contributed by atoms with Crippen LogP contribution in [0.4, 0.5) is 4.39 Å². The van der Waals surface area contributed by atoms with Gasteiger partial charge in [-0.25, -0.2) is 8.96 Å². The molecule has 42 heavy (non-hydrogen) atoms. The fourth-order valence-corrected chi connectivity index (χ4v) is 7.94. The van der Waals surface area contributed by atoms with E-state index in [0.29, 0.717) is 22.6 Å². The van der Waals surface area contributed by atoms with Crippen LogP contribution >= 0.6 is 0 Å². The molecule has 4 heteroatoms. The van der Waals surface area contributed by atoms with Gasteiger partial charge in [0.1, 0.15) is 24.0 Å². The summed E-state index contributed by atoms with van der Waals surface area (Å²) in [7, 11) is 1.92. The Morgan fingerprint density at radius 1 is 0.786 bits per heavy atom. The normalized spacial score (nSPS) is 19.8. The lowest BCUT2D eigenvalue weighted by Crippen LogP contribution is -2.30. The minimum absolute atomic E-state index is 0.286. The lowest BCUT2D eigenvalue weighted by Gasteiger charge is -2.36. The van der Waals surface area contributed by atoms with Gasteiger partial charge in [0.2, 0.25) is 5.69 Å². The lowest BCUT2D eigenvalue weighted by atomic mass is 9.70. The first-order valence-corrected chi connectivity index (χ1v) is 15.7. The fraction of sp³-hybridized carbons (Fsp3) is 0.368. The average molecular weight is 558 g/mol. The van der Waals surface area contributed by atoms with Crippen LogP contribution in [0.5, 0.6) is 0 Å². The van der Waals surface area contributed by atoms with Crippen LogP contribution in [0.25, 0.3) is 44.3 Å². The number of halogens is 1. The summed E-state index contributed by atoms with van der Waals surface area (Å²) < 4.78 is 22.9. The molecule has 2 saturated carbocycles. The van der Waals surface area contributed by atoms with E-state index in [9.17, 15) is 9.65 Å². The van der Waals surface area contributed by atoms with Crippen molar-refractivity contribution >= 4 is 21.9 Å². The molecule has 0 atom stereocenters. The molecule has 0 unspecified atom stereocenters. The van der Waals surface area contributed by atoms with Crippen LogP contribution in [-0.4, -0.2) is 0 Å². The van der Waals surface area contributed by atoms with E-state index in [1.165, 1.54) is 69.4 Å². The van der Waals surface area contributed by atoms with Crippen molar-refractivity contribution in [1.82, 2.24) is 0 Å². The SMILES string of the molecule is Cc1ccc2c(oc3c(-c4ccc(C5CCC(C6CCCCC6)CC5)cc4)c(C#N)ccc32)c1-c1cc(F)cc[n+]1C. The smallest absolute Gasteiger partial charge is 0.219 e. The number of nitriles is 1. The number of aromatic nitrogens is 1. The summed E-state index contributed by atoms with van der Waals surface area (Å²) in [6.45, 7) is 2.02. The number of furan rings is 1. The largest absolute Gasteiger partial charge is 0.454 e. The molecular formula is C38H38FN2O+. The third-order valence-electron chi connectivity index (χ3n) is 10.3. The monoisotopic (exact) mass is 557 g/mol. The molecule has 5 aromatic rings. The highest BCUT2D eigenvalue weighted by Gasteiger charge is 2.29. The molecule has 2 aliphatic rings. The maximum absolute atomic E-state index is 14.3. The summed E-state index contributed by atoms with van der Waals surface area (Å²) in [6.07, 6.45) is 14.2. The van der Waals surface area contributed by atoms with Gasteiger partial charge in [-0.05, 0) is 79.2 Å². The molecule has 3 nitrogen and oxygen atoms in total. The molecular weight excluding hydrogens is 519 g/mol. The quantitative estimate of drug-likeness (QED) is 0.206. The Labute approximate surface area is 247 Å². The molecule has 7 rings (SSSR count). The molecule has 0 spiro atoms. The Hall–Kier alpha value is -3.97. The van der Waals surface area contributed by atoms with Crippen molar-refractivity contribution < 1.29 is 13.4 Å². The Bertz CT molecular complexity index is 1810. The highest BCUT2D eigenvalue weighted by Crippen LogP contribution is 2.45. The molecule has 0 amide bonds. The molecule has 212 valence electrons. The van der Waals surface area contributed by atoms with Crippen LogP contribution in [0.2, 0.25) is 0 Å². The molecule has 0 saturated heterocycles. The van der Waals surface area contributed by atoms with Gasteiger partial charge in [0.05, 0.1) is 17.2 Å². The molecule has 2 aromatic heterocycles. The summed E-state index contributed by atoms with van der Waals surface area (Å²) in [4.78, 5) is 0. The lowest BCUT2D eigenvalue weighted by molar-refractivity contribution is -0.660. The third kappa shape index (κ3) is 4.70. The second-order valence-corrected chi connectivity index (χ2v) is 12.7. The van der Waals surface area contributed by atoms with Crippen molar-refractivity contribution in [1.29, 1.82) is 5.26 Å². The molecule has 2 fully saturated rings. The average Bonchev–Trinajstić information content (AvgIpc) is 3.41. The topological polar surface area (TPSA) is 40.8 Å². The van der Waals surface area contributed by atoms with E-state index in [1.807, 2.05) is 30.7 Å². The summed E-state index contributed by atoms with van der Waals surface area (Å²) in [6, 6.07) is 22.3. The van der Waals surface area contributed by atoms with Crippen LogP contribution in [-0.2, 0) is 7.05 Å². The molecule has 2 heterocycles. The zero-order valence-electron chi connectivity index (χ0n) is 24.6. The highest BCUT2D eigenvalue weighted by molar-refractivity contribution is 6.14. The van der Waals surface area contributed by atoms with Crippen LogP contribution in [0.1, 0.15) is 80.4 Å². The zero-order chi connectivity index (χ0) is 28.8. The van der Waals surface area contributed by atoms with E-state index in [0.717, 1.165) is 50.6 Å². The van der Waals surface area contributed by atoms with Crippen molar-refractivity contribution in [2.24, 2.45) is 18.9 Å². The van der Waals surface area contributed by atoms with Crippen molar-refractivity contribution in [3.8, 4) is 28.5 Å². The standard InChI is InChI=1S/C38H38FN2O/c1-24-8-18-32-33-19-17-30(23-40)36(38(33)42-37(32)35(24)34-22-31(39)20-21-41(34)2)29-15-13-28(14-16-29)27-11-9-26(10-12-27)25-6-4-3-5-7-25/h8,13-22,25-27H,3-7,9-12H2,1-2H3/q+1. The molecule has 2 aliphatic carbocycles. The van der Waals surface area contributed by atoms with Crippen LogP contribution in [0.15, 0.2) is 71.3 Å². The van der Waals surface area contributed by atoms with Crippen LogP contribution < -0.4 is 4.57 Å². The van der Waals surface area contributed by atoms with E-state index < -0.39 is 0 Å². The maximum atomic E-state index is 14.3. The van der Waals surface area contributed by atoms with Gasteiger partial charge in [0.15, 0.2) is 6.20 Å². The van der Waals surface area contributed by atoms with Gasteiger partial charge in [-0.2, -0.15) is 5.26 Å². The second kappa shape index (κ2) is 11.0. The van der Waals surface area contributed by atoms with Gasteiger partial charge < -0.3 is 4.42 Å². The molecule has 0 bridgehead atoms. The van der Waals surface area contributed by atoms with Crippen molar-refractivity contribution in [3.63, 3.8) is 0 Å². The predicted octanol–water partition coefficient (Wildman–Crippen LogP) is 9.92. The van der Waals surface area contributed by atoms with E-state index in [1.54, 1.807) is 12.3 Å². The summed E-state index contributed by atoms with van der Waals surface area (Å²) in [5.41, 5.74) is 7.87. The molecule has 0 aliphatic heterocycles. The van der Waals surface area contributed by atoms with E-state index in [4.69, 9.17) is 4.42 Å². The maximum Gasteiger partial charge on any atom is 0.219 e. The summed E-state index contributed by atoms with van der Waals surface area (Å²) in [5, 5.41) is 12.0. The minimum Gasteiger partial charge on any atom is -0.454 e. The number of rotatable bonds is 4. The third-order valence-corrected chi connectivity index (χ3v) is 10.3. The van der Waals surface area contributed by atoms with Gasteiger partial charge in [0.25, 0.3) is 0 Å². The van der Waals surface area contributed by atoms with E-state index in [-0.39, 0.29) is 5.82 Å². The first-order valence-electron chi connectivity index (χ1n) is 15.7. The Morgan fingerprint density at radius 2 is 1.45 bits per heavy atom. The highest BCUT2D eigenvalue weighted by atomic mass is 19.1. The molecule has 0 N–H and O–H groups in total. The minimum atomic E-state index is -0.286. The molecule has 3 aromatic carbocycles. The first kappa shape index (κ1) is 26.9. The van der Waals surface area contributed by atoms with Crippen molar-refractivity contribution in [3.05, 3.63) is 89.4 Å². The number of pyridine rings is 1. The van der Waals surface area contributed by atoms with Gasteiger partial charge in [-0.1, -0.05) is 68.5 Å². The summed E-state index contributed by atoms with van der Waals surface area (Å²) in [5.74, 6) is 2.22. The Balaban J connectivity index is 1.25. The predicted molar refractivity (Wildman–Crippen MR) is 166 cm³/mol. The van der Waals surface area contributed by atoms with Gasteiger partial charge in [0, 0.05) is 28.5 Å². The first-order chi connectivity index (χ1) is 20.5. The van der Waals surface area contributed by atoms with E-state index >= 15 is 0 Å². The number of nitrogens with zero attached hydrogens (tertiary/aromatic N) is 2. The van der Waals surface area contributed by atoms with Crippen molar-refractivity contribution in [2.75, 3.05) is 0 Å². The second-order valence-electron chi connectivity index (χ2n) is 12.7. The Kier molecular flexibility index (Phi) is 7.06. The van der Waals surface area contributed by atoms with E-state index in [2.05, 4.69) is 42.5 Å². The number of hydrogen-bond donors (Lipinski definition) is 0. The van der Waals surface area contributed by atoms with Crippen molar-refractivity contribution in [2.45, 2.75) is 70.6 Å².